The lowest BCUT2D eigenvalue weighted by Gasteiger charge is -2.34. The van der Waals surface area contributed by atoms with E-state index in [4.69, 9.17) is 4.74 Å². The van der Waals surface area contributed by atoms with Crippen LogP contribution >= 0.6 is 11.3 Å². The van der Waals surface area contributed by atoms with Gasteiger partial charge in [-0.3, -0.25) is 14.5 Å². The smallest absolute Gasteiger partial charge is 0.313 e. The molecule has 1 atom stereocenters. The molecule has 3 rings (SSSR count). The number of carbonyl (C=O) groups is 2. The molecule has 1 fully saturated rings. The molecular weight excluding hydrogens is 362 g/mol. The van der Waals surface area contributed by atoms with E-state index in [-0.39, 0.29) is 6.04 Å². The Morgan fingerprint density at radius 3 is 2.63 bits per heavy atom. The van der Waals surface area contributed by atoms with Crippen LogP contribution in [0.5, 0.6) is 0 Å². The summed E-state index contributed by atoms with van der Waals surface area (Å²) >= 11 is 1.66. The third-order valence-electron chi connectivity index (χ3n) is 4.67. The maximum absolute atomic E-state index is 12.3. The average Bonchev–Trinajstić information content (AvgIpc) is 3.23. The van der Waals surface area contributed by atoms with Gasteiger partial charge >= 0.3 is 11.8 Å². The molecule has 2 aromatic rings. The minimum atomic E-state index is -0.636. The lowest BCUT2D eigenvalue weighted by atomic mass is 10.1. The molecule has 2 heterocycles. The Kier molecular flexibility index (Phi) is 6.98. The van der Waals surface area contributed by atoms with Crippen molar-refractivity contribution in [1.29, 1.82) is 0 Å². The summed E-state index contributed by atoms with van der Waals surface area (Å²) in [6.45, 7) is 5.40. The van der Waals surface area contributed by atoms with Crippen LogP contribution in [0.3, 0.4) is 0 Å². The van der Waals surface area contributed by atoms with Gasteiger partial charge in [-0.2, -0.15) is 0 Å². The van der Waals surface area contributed by atoms with Gasteiger partial charge in [0.05, 0.1) is 19.3 Å². The largest absolute Gasteiger partial charge is 0.379 e. The number of para-hydroxylation sites is 1. The van der Waals surface area contributed by atoms with Crippen LogP contribution in [-0.2, 0) is 20.7 Å². The Morgan fingerprint density at radius 1 is 1.15 bits per heavy atom. The number of hydrogen-bond acceptors (Lipinski definition) is 5. The number of nitrogens with zero attached hydrogens (tertiary/aromatic N) is 1. The molecule has 0 spiro atoms. The van der Waals surface area contributed by atoms with Crippen molar-refractivity contribution in [3.05, 3.63) is 52.2 Å². The number of rotatable bonds is 6. The Hall–Kier alpha value is -2.22. The first-order valence-electron chi connectivity index (χ1n) is 9.21. The van der Waals surface area contributed by atoms with E-state index >= 15 is 0 Å². The first-order valence-corrected chi connectivity index (χ1v) is 10.1. The summed E-state index contributed by atoms with van der Waals surface area (Å²) in [4.78, 5) is 28.1. The molecule has 0 aliphatic carbocycles. The van der Waals surface area contributed by atoms with Crippen molar-refractivity contribution in [2.75, 3.05) is 38.2 Å². The standard InChI is InChI=1S/C20H25N3O3S/c1-2-15-6-3-4-7-16(15)22-20(25)19(24)21-14-17(18-8-5-13-27-18)23-9-11-26-12-10-23/h3-8,13,17H,2,9-12,14H2,1H3,(H,21,24)(H,22,25). The molecule has 1 aromatic carbocycles. The predicted octanol–water partition coefficient (Wildman–Crippen LogP) is 2.44. The third-order valence-corrected chi connectivity index (χ3v) is 5.64. The van der Waals surface area contributed by atoms with E-state index < -0.39 is 11.8 Å². The van der Waals surface area contributed by atoms with E-state index in [0.29, 0.717) is 25.4 Å². The van der Waals surface area contributed by atoms with Crippen LogP contribution in [0.15, 0.2) is 41.8 Å². The third kappa shape index (κ3) is 5.15. The van der Waals surface area contributed by atoms with Crippen LogP contribution in [0.25, 0.3) is 0 Å². The number of morpholine rings is 1. The molecule has 2 N–H and O–H groups in total. The highest BCUT2D eigenvalue weighted by Gasteiger charge is 2.25. The van der Waals surface area contributed by atoms with Crippen LogP contribution in [0, 0.1) is 0 Å². The van der Waals surface area contributed by atoms with Crippen molar-refractivity contribution in [2.45, 2.75) is 19.4 Å². The quantitative estimate of drug-likeness (QED) is 0.747. The van der Waals surface area contributed by atoms with Crippen molar-refractivity contribution in [1.82, 2.24) is 10.2 Å². The summed E-state index contributed by atoms with van der Waals surface area (Å²) in [6.07, 6.45) is 0.787. The predicted molar refractivity (Wildman–Crippen MR) is 107 cm³/mol. The average molecular weight is 388 g/mol. The summed E-state index contributed by atoms with van der Waals surface area (Å²) in [7, 11) is 0. The van der Waals surface area contributed by atoms with Gasteiger partial charge in [-0.25, -0.2) is 0 Å². The zero-order valence-corrected chi connectivity index (χ0v) is 16.3. The minimum Gasteiger partial charge on any atom is -0.379 e. The minimum absolute atomic E-state index is 0.0496. The zero-order valence-electron chi connectivity index (χ0n) is 15.4. The Bertz CT molecular complexity index is 758. The summed E-state index contributed by atoms with van der Waals surface area (Å²) in [5.41, 5.74) is 1.69. The fourth-order valence-corrected chi connectivity index (χ4v) is 4.04. The number of benzene rings is 1. The van der Waals surface area contributed by atoms with Gasteiger partial charge in [0.25, 0.3) is 0 Å². The van der Waals surface area contributed by atoms with Gasteiger partial charge in [0.1, 0.15) is 0 Å². The monoisotopic (exact) mass is 387 g/mol. The molecule has 27 heavy (non-hydrogen) atoms. The summed E-state index contributed by atoms with van der Waals surface area (Å²) in [6, 6.07) is 11.6. The molecule has 6 nitrogen and oxygen atoms in total. The van der Waals surface area contributed by atoms with Gasteiger partial charge in [0.15, 0.2) is 0 Å². The number of carbonyl (C=O) groups excluding carboxylic acids is 2. The topological polar surface area (TPSA) is 70.7 Å². The second kappa shape index (κ2) is 9.64. The molecule has 1 unspecified atom stereocenters. The first-order chi connectivity index (χ1) is 13.2. The normalized spacial score (nSPS) is 15.9. The van der Waals surface area contributed by atoms with Crippen molar-refractivity contribution in [3.8, 4) is 0 Å². The molecule has 1 aliphatic rings. The Balaban J connectivity index is 1.60. The molecule has 0 radical (unpaired) electrons. The maximum atomic E-state index is 12.3. The van der Waals surface area contributed by atoms with E-state index in [1.165, 1.54) is 4.88 Å². The van der Waals surface area contributed by atoms with Crippen LogP contribution in [0.1, 0.15) is 23.4 Å². The Morgan fingerprint density at radius 2 is 1.93 bits per heavy atom. The lowest BCUT2D eigenvalue weighted by Crippen LogP contribution is -2.45. The fraction of sp³-hybridized carbons (Fsp3) is 0.400. The highest BCUT2D eigenvalue weighted by Crippen LogP contribution is 2.25. The number of amides is 2. The molecular formula is C20H25N3O3S. The second-order valence-electron chi connectivity index (χ2n) is 6.35. The van der Waals surface area contributed by atoms with Crippen molar-refractivity contribution in [2.24, 2.45) is 0 Å². The maximum Gasteiger partial charge on any atom is 0.313 e. The molecule has 1 aliphatic heterocycles. The number of nitrogens with one attached hydrogen (secondary N) is 2. The van der Waals surface area contributed by atoms with Crippen LogP contribution < -0.4 is 10.6 Å². The van der Waals surface area contributed by atoms with E-state index in [0.717, 1.165) is 25.1 Å². The number of thiophene rings is 1. The summed E-state index contributed by atoms with van der Waals surface area (Å²) < 4.78 is 5.43. The number of ether oxygens (including phenoxy) is 1. The van der Waals surface area contributed by atoms with Crippen molar-refractivity contribution < 1.29 is 14.3 Å². The highest BCUT2D eigenvalue weighted by molar-refractivity contribution is 7.10. The van der Waals surface area contributed by atoms with E-state index in [1.54, 1.807) is 11.3 Å². The van der Waals surface area contributed by atoms with E-state index in [1.807, 2.05) is 42.6 Å². The van der Waals surface area contributed by atoms with Gasteiger partial charge < -0.3 is 15.4 Å². The number of aryl methyl sites for hydroxylation is 1. The van der Waals surface area contributed by atoms with Gasteiger partial charge in [-0.1, -0.05) is 31.2 Å². The van der Waals surface area contributed by atoms with Crippen LogP contribution in [-0.4, -0.2) is 49.6 Å². The van der Waals surface area contributed by atoms with E-state index in [2.05, 4.69) is 21.6 Å². The summed E-state index contributed by atoms with van der Waals surface area (Å²) in [5, 5.41) is 7.54. The molecule has 2 amide bonds. The number of anilines is 1. The molecule has 1 aromatic heterocycles. The SMILES string of the molecule is CCc1ccccc1NC(=O)C(=O)NCC(c1cccs1)N1CCOCC1. The summed E-state index contributed by atoms with van der Waals surface area (Å²) in [5.74, 6) is -1.25. The van der Waals surface area contributed by atoms with Crippen LogP contribution in [0.4, 0.5) is 5.69 Å². The van der Waals surface area contributed by atoms with Crippen molar-refractivity contribution >= 4 is 28.8 Å². The van der Waals surface area contributed by atoms with Crippen LogP contribution in [0.2, 0.25) is 0 Å². The number of hydrogen-bond donors (Lipinski definition) is 2. The molecule has 1 saturated heterocycles. The fourth-order valence-electron chi connectivity index (χ4n) is 3.18. The zero-order chi connectivity index (χ0) is 19.1. The molecule has 0 bridgehead atoms. The van der Waals surface area contributed by atoms with Gasteiger partial charge in [0.2, 0.25) is 0 Å². The second-order valence-corrected chi connectivity index (χ2v) is 7.33. The first kappa shape index (κ1) is 19.5. The highest BCUT2D eigenvalue weighted by atomic mass is 32.1. The van der Waals surface area contributed by atoms with Gasteiger partial charge in [-0.05, 0) is 29.5 Å². The lowest BCUT2D eigenvalue weighted by molar-refractivity contribution is -0.136. The van der Waals surface area contributed by atoms with E-state index in [9.17, 15) is 9.59 Å². The van der Waals surface area contributed by atoms with Gasteiger partial charge in [-0.15, -0.1) is 11.3 Å². The molecule has 0 saturated carbocycles. The van der Waals surface area contributed by atoms with Gasteiger partial charge in [0, 0.05) is 30.2 Å². The Labute approximate surface area is 163 Å². The molecule has 7 heteroatoms. The van der Waals surface area contributed by atoms with Crippen molar-refractivity contribution in [3.63, 3.8) is 0 Å². The molecule has 144 valence electrons.